The summed E-state index contributed by atoms with van der Waals surface area (Å²) < 4.78 is 5.23. The average Bonchev–Trinajstić information content (AvgIpc) is 3.14. The van der Waals surface area contributed by atoms with E-state index in [0.717, 1.165) is 22.2 Å². The number of hydrogen-bond acceptors (Lipinski definition) is 6. The summed E-state index contributed by atoms with van der Waals surface area (Å²) in [4.78, 5) is 40.1. The van der Waals surface area contributed by atoms with Crippen LogP contribution in [0, 0.1) is 6.92 Å². The molecule has 0 fully saturated rings. The van der Waals surface area contributed by atoms with E-state index in [1.54, 1.807) is 37.3 Å². The molecule has 3 N–H and O–H groups in total. The van der Waals surface area contributed by atoms with Crippen molar-refractivity contribution in [3.05, 3.63) is 76.8 Å². The third-order valence-corrected chi connectivity index (χ3v) is 6.17. The molecule has 4 aromatic rings. The average molecular weight is 462 g/mol. The van der Waals surface area contributed by atoms with Crippen LogP contribution in [-0.4, -0.2) is 39.6 Å². The molecule has 2 aromatic carbocycles. The summed E-state index contributed by atoms with van der Waals surface area (Å²) >= 11 is 0.984. The maximum absolute atomic E-state index is 12.8. The molecule has 8 nitrogen and oxygen atoms in total. The van der Waals surface area contributed by atoms with Crippen LogP contribution in [-0.2, 0) is 4.79 Å². The van der Waals surface area contributed by atoms with E-state index in [1.807, 2.05) is 24.3 Å². The third-order valence-electron chi connectivity index (χ3n) is 4.86. The SMILES string of the molecule is Cc1c(-c2cccc(NC(=O)c3cnc4ccccc4c3)c2)sc(C(=O)O)c1OCC(=O)O. The molecule has 4 rings (SSSR count). The van der Waals surface area contributed by atoms with E-state index in [4.69, 9.17) is 9.84 Å². The van der Waals surface area contributed by atoms with E-state index in [1.165, 1.54) is 6.20 Å². The van der Waals surface area contributed by atoms with Gasteiger partial charge in [-0.25, -0.2) is 9.59 Å². The summed E-state index contributed by atoms with van der Waals surface area (Å²) in [6, 6.07) is 16.2. The number of anilines is 1. The number of aromatic carboxylic acids is 1. The van der Waals surface area contributed by atoms with Crippen molar-refractivity contribution in [2.45, 2.75) is 6.92 Å². The van der Waals surface area contributed by atoms with Gasteiger partial charge in [-0.1, -0.05) is 30.3 Å². The van der Waals surface area contributed by atoms with Gasteiger partial charge in [0.25, 0.3) is 5.91 Å². The highest BCUT2D eigenvalue weighted by Crippen LogP contribution is 2.42. The van der Waals surface area contributed by atoms with E-state index in [-0.39, 0.29) is 16.5 Å². The maximum atomic E-state index is 12.8. The number of aliphatic carboxylic acids is 1. The Balaban J connectivity index is 1.62. The minimum Gasteiger partial charge on any atom is -0.480 e. The van der Waals surface area contributed by atoms with E-state index >= 15 is 0 Å². The molecule has 0 unspecified atom stereocenters. The minimum atomic E-state index is -1.21. The normalized spacial score (nSPS) is 10.7. The first-order chi connectivity index (χ1) is 15.8. The summed E-state index contributed by atoms with van der Waals surface area (Å²) in [5, 5.41) is 22.1. The van der Waals surface area contributed by atoms with Gasteiger partial charge in [-0.3, -0.25) is 9.78 Å². The Hall–Kier alpha value is -4.24. The van der Waals surface area contributed by atoms with Crippen molar-refractivity contribution in [1.29, 1.82) is 0 Å². The monoisotopic (exact) mass is 462 g/mol. The largest absolute Gasteiger partial charge is 0.480 e. The lowest BCUT2D eigenvalue weighted by Gasteiger charge is -2.08. The van der Waals surface area contributed by atoms with Crippen LogP contribution in [0.2, 0.25) is 0 Å². The van der Waals surface area contributed by atoms with Crippen molar-refractivity contribution in [2.75, 3.05) is 11.9 Å². The highest BCUT2D eigenvalue weighted by atomic mass is 32.1. The lowest BCUT2D eigenvalue weighted by atomic mass is 10.1. The molecule has 0 spiro atoms. The molecular formula is C24H18N2O6S. The van der Waals surface area contributed by atoms with Gasteiger partial charge >= 0.3 is 11.9 Å². The van der Waals surface area contributed by atoms with Gasteiger partial charge in [0.15, 0.2) is 11.5 Å². The number of nitrogens with one attached hydrogen (secondary N) is 1. The van der Waals surface area contributed by atoms with Gasteiger partial charge in [0.1, 0.15) is 5.75 Å². The van der Waals surface area contributed by atoms with Gasteiger partial charge in [0.2, 0.25) is 0 Å². The number of carbonyl (C=O) groups excluding carboxylic acids is 1. The molecule has 0 atom stereocenters. The van der Waals surface area contributed by atoms with Crippen LogP contribution in [0.4, 0.5) is 5.69 Å². The molecule has 1 amide bonds. The number of amides is 1. The molecule has 0 aliphatic rings. The van der Waals surface area contributed by atoms with Gasteiger partial charge in [-0.2, -0.15) is 0 Å². The standard InChI is InChI=1S/C24H18N2O6S/c1-13-20(32-12-19(27)28)22(24(30)31)33-21(13)15-6-4-7-17(10-15)26-23(29)16-9-14-5-2-3-8-18(14)25-11-16/h2-11H,12H2,1H3,(H,26,29)(H,27,28)(H,30,31). The fraction of sp³-hybridized carbons (Fsp3) is 0.0833. The highest BCUT2D eigenvalue weighted by Gasteiger charge is 2.23. The predicted octanol–water partition coefficient (Wildman–Crippen LogP) is 4.69. The second-order valence-corrected chi connectivity index (χ2v) is 8.17. The molecule has 2 heterocycles. The molecule has 33 heavy (non-hydrogen) atoms. The van der Waals surface area contributed by atoms with E-state index in [0.29, 0.717) is 27.3 Å². The zero-order chi connectivity index (χ0) is 23.5. The summed E-state index contributed by atoms with van der Waals surface area (Å²) in [5.74, 6) is -2.71. The van der Waals surface area contributed by atoms with Gasteiger partial charge < -0.3 is 20.3 Å². The minimum absolute atomic E-state index is 0.0292. The van der Waals surface area contributed by atoms with Gasteiger partial charge in [-0.15, -0.1) is 11.3 Å². The van der Waals surface area contributed by atoms with Crippen molar-refractivity contribution >= 4 is 45.8 Å². The van der Waals surface area contributed by atoms with Crippen molar-refractivity contribution in [3.8, 4) is 16.2 Å². The highest BCUT2D eigenvalue weighted by molar-refractivity contribution is 7.18. The number of aromatic nitrogens is 1. The zero-order valence-corrected chi connectivity index (χ0v) is 18.2. The van der Waals surface area contributed by atoms with Crippen LogP contribution < -0.4 is 10.1 Å². The third kappa shape index (κ3) is 4.68. The van der Waals surface area contributed by atoms with Crippen LogP contribution in [0.15, 0.2) is 60.8 Å². The quantitative estimate of drug-likeness (QED) is 0.364. The second-order valence-electron chi connectivity index (χ2n) is 7.15. The fourth-order valence-electron chi connectivity index (χ4n) is 3.36. The predicted molar refractivity (Wildman–Crippen MR) is 124 cm³/mol. The van der Waals surface area contributed by atoms with Crippen LogP contribution >= 0.6 is 11.3 Å². The number of carbonyl (C=O) groups is 3. The zero-order valence-electron chi connectivity index (χ0n) is 17.4. The van der Waals surface area contributed by atoms with Crippen LogP contribution in [0.5, 0.6) is 5.75 Å². The summed E-state index contributed by atoms with van der Waals surface area (Å²) in [6.07, 6.45) is 1.51. The van der Waals surface area contributed by atoms with Gasteiger partial charge in [0, 0.05) is 27.7 Å². The summed E-state index contributed by atoms with van der Waals surface area (Å²) in [5.41, 5.74) is 2.90. The van der Waals surface area contributed by atoms with Gasteiger partial charge in [-0.05, 0) is 36.8 Å². The van der Waals surface area contributed by atoms with Crippen LogP contribution in [0.1, 0.15) is 25.6 Å². The number of pyridine rings is 1. The van der Waals surface area contributed by atoms with E-state index < -0.39 is 18.5 Å². The Morgan fingerprint density at radius 3 is 2.61 bits per heavy atom. The molecule has 0 aliphatic heterocycles. The van der Waals surface area contributed by atoms with Crippen LogP contribution in [0.25, 0.3) is 21.3 Å². The Morgan fingerprint density at radius 1 is 1.06 bits per heavy atom. The number of fused-ring (bicyclic) bond motifs is 1. The van der Waals surface area contributed by atoms with Crippen molar-refractivity contribution in [1.82, 2.24) is 4.98 Å². The summed E-state index contributed by atoms with van der Waals surface area (Å²) in [6.45, 7) is 1.02. The fourth-order valence-corrected chi connectivity index (χ4v) is 4.45. The number of carboxylic acid groups (broad SMARTS) is 2. The van der Waals surface area contributed by atoms with E-state index in [2.05, 4.69) is 10.3 Å². The first kappa shape index (κ1) is 22.0. The number of ether oxygens (including phenoxy) is 1. The number of rotatable bonds is 7. The number of para-hydroxylation sites is 1. The molecule has 0 radical (unpaired) electrons. The number of carboxylic acids is 2. The molecule has 0 saturated carbocycles. The van der Waals surface area contributed by atoms with Gasteiger partial charge in [0.05, 0.1) is 11.1 Å². The topological polar surface area (TPSA) is 126 Å². The number of thiophene rings is 1. The number of hydrogen-bond donors (Lipinski definition) is 3. The Bertz CT molecular complexity index is 1390. The second kappa shape index (κ2) is 9.09. The smallest absolute Gasteiger partial charge is 0.349 e. The number of nitrogens with zero attached hydrogens (tertiary/aromatic N) is 1. The molecule has 0 saturated heterocycles. The van der Waals surface area contributed by atoms with Crippen molar-refractivity contribution in [3.63, 3.8) is 0 Å². The molecule has 0 aliphatic carbocycles. The molecule has 166 valence electrons. The van der Waals surface area contributed by atoms with E-state index in [9.17, 15) is 19.5 Å². The summed E-state index contributed by atoms with van der Waals surface area (Å²) in [7, 11) is 0. The van der Waals surface area contributed by atoms with Crippen LogP contribution in [0.3, 0.4) is 0 Å². The Kier molecular flexibility index (Phi) is 6.05. The Morgan fingerprint density at radius 2 is 1.85 bits per heavy atom. The number of benzene rings is 2. The molecule has 9 heteroatoms. The lowest BCUT2D eigenvalue weighted by molar-refractivity contribution is -0.139. The molecule has 0 bridgehead atoms. The van der Waals surface area contributed by atoms with Crippen molar-refractivity contribution in [2.24, 2.45) is 0 Å². The Labute approximate surface area is 192 Å². The van der Waals surface area contributed by atoms with Crippen molar-refractivity contribution < 1.29 is 29.3 Å². The lowest BCUT2D eigenvalue weighted by Crippen LogP contribution is -2.12. The maximum Gasteiger partial charge on any atom is 0.349 e. The molecular weight excluding hydrogens is 444 g/mol. The first-order valence-electron chi connectivity index (χ1n) is 9.81. The molecule has 2 aromatic heterocycles. The first-order valence-corrected chi connectivity index (χ1v) is 10.6.